The number of rotatable bonds is 2. The van der Waals surface area contributed by atoms with Crippen LogP contribution in [-0.4, -0.2) is 61.8 Å². The summed E-state index contributed by atoms with van der Waals surface area (Å²) in [6.45, 7) is 6.07. The number of aliphatic imine (C=N–C) groups is 1. The summed E-state index contributed by atoms with van der Waals surface area (Å²) in [7, 11) is 1.99. The Morgan fingerprint density at radius 3 is 2.83 bits per heavy atom. The number of hydrogen-bond acceptors (Lipinski definition) is 7. The number of hydrogen-bond donors (Lipinski definition) is 1. The Morgan fingerprint density at radius 2 is 2.13 bits per heavy atom. The molecule has 0 radical (unpaired) electrons. The topological polar surface area (TPSA) is 74.0 Å². The van der Waals surface area contributed by atoms with E-state index in [1.807, 2.05) is 44.3 Å². The summed E-state index contributed by atoms with van der Waals surface area (Å²) < 4.78 is 1.78. The third kappa shape index (κ3) is 2.44. The average Bonchev–Trinajstić information content (AvgIpc) is 3.04. The van der Waals surface area contributed by atoms with Crippen molar-refractivity contribution in [2.24, 2.45) is 4.99 Å². The molecule has 0 aliphatic carbocycles. The highest BCUT2D eigenvalue weighted by atomic mass is 15.6. The van der Waals surface area contributed by atoms with E-state index in [0.717, 1.165) is 36.1 Å². The van der Waals surface area contributed by atoms with Crippen molar-refractivity contribution in [1.82, 2.24) is 34.9 Å². The molecule has 1 unspecified atom stereocenters. The van der Waals surface area contributed by atoms with E-state index in [-0.39, 0.29) is 6.17 Å². The number of aromatic nitrogens is 4. The largest absolute Gasteiger partial charge is 0.342 e. The van der Waals surface area contributed by atoms with Crippen LogP contribution in [-0.2, 0) is 0 Å². The van der Waals surface area contributed by atoms with E-state index in [1.165, 1.54) is 6.42 Å². The smallest absolute Gasteiger partial charge is 0.210 e. The van der Waals surface area contributed by atoms with Crippen molar-refractivity contribution in [1.29, 1.82) is 0 Å². The van der Waals surface area contributed by atoms with Gasteiger partial charge in [-0.1, -0.05) is 0 Å². The Labute approximate surface area is 134 Å². The second-order valence-corrected chi connectivity index (χ2v) is 5.98. The van der Waals surface area contributed by atoms with Crippen LogP contribution < -0.4 is 5.43 Å². The minimum atomic E-state index is -0.0440. The molecule has 2 aromatic heterocycles. The van der Waals surface area contributed by atoms with Gasteiger partial charge in [0.25, 0.3) is 0 Å². The second-order valence-electron chi connectivity index (χ2n) is 5.98. The molecule has 0 saturated carbocycles. The first-order valence-corrected chi connectivity index (χ1v) is 7.81. The zero-order valence-corrected chi connectivity index (χ0v) is 13.6. The molecule has 0 bridgehead atoms. The van der Waals surface area contributed by atoms with Crippen LogP contribution in [0.1, 0.15) is 23.6 Å². The average molecular weight is 312 g/mol. The van der Waals surface area contributed by atoms with Crippen molar-refractivity contribution in [3.63, 3.8) is 0 Å². The molecule has 2 aliphatic heterocycles. The summed E-state index contributed by atoms with van der Waals surface area (Å²) in [5.41, 5.74) is 5.15. The molecule has 2 aromatic rings. The molecule has 4 heterocycles. The molecule has 4 rings (SSSR count). The molecule has 0 amide bonds. The fourth-order valence-corrected chi connectivity index (χ4v) is 2.67. The highest BCUT2D eigenvalue weighted by Crippen LogP contribution is 2.14. The fraction of sp³-hybridized carbons (Fsp3) is 0.467. The number of fused-ring (bicyclic) bond motifs is 1. The van der Waals surface area contributed by atoms with Crippen LogP contribution in [0, 0.1) is 13.8 Å². The maximum Gasteiger partial charge on any atom is 0.210 e. The summed E-state index contributed by atoms with van der Waals surface area (Å²) in [6.07, 6.45) is 6.94. The van der Waals surface area contributed by atoms with Crippen LogP contribution in [0.25, 0.3) is 11.7 Å². The third-order valence-electron chi connectivity index (χ3n) is 4.23. The number of nitrogens with one attached hydrogen (secondary N) is 1. The first kappa shape index (κ1) is 14.1. The van der Waals surface area contributed by atoms with Gasteiger partial charge in [-0.2, -0.15) is 9.52 Å². The Balaban J connectivity index is 1.57. The van der Waals surface area contributed by atoms with Gasteiger partial charge in [0, 0.05) is 31.9 Å². The van der Waals surface area contributed by atoms with Crippen molar-refractivity contribution >= 4 is 17.7 Å². The predicted octanol–water partition coefficient (Wildman–Crippen LogP) is 0.592. The van der Waals surface area contributed by atoms with E-state index in [4.69, 9.17) is 4.99 Å². The molecule has 8 heteroatoms. The molecule has 2 aliphatic rings. The van der Waals surface area contributed by atoms with E-state index in [9.17, 15) is 0 Å². The zero-order chi connectivity index (χ0) is 16.0. The summed E-state index contributed by atoms with van der Waals surface area (Å²) >= 11 is 0. The lowest BCUT2D eigenvalue weighted by atomic mass is 10.2. The monoisotopic (exact) mass is 312 g/mol. The minimum Gasteiger partial charge on any atom is -0.342 e. The SMILES string of the molecule is Cc1cnc(C)n2nc(/C=C/C3N=C(N4CCC4)NN3C)nc12. The lowest BCUT2D eigenvalue weighted by molar-refractivity contribution is 0.246. The van der Waals surface area contributed by atoms with Gasteiger partial charge in [0.15, 0.2) is 11.5 Å². The first-order chi connectivity index (χ1) is 11.1. The Hall–Kier alpha value is -2.48. The van der Waals surface area contributed by atoms with Crippen molar-refractivity contribution in [3.8, 4) is 0 Å². The van der Waals surface area contributed by atoms with Gasteiger partial charge in [0.1, 0.15) is 12.0 Å². The standard InChI is InChI=1S/C15H20N8/c1-10-9-16-11(2)23-14(10)17-12(19-23)5-6-13-18-15(20-21(13)3)22-7-4-8-22/h5-6,9,13H,4,7-8H2,1-3H3,(H,18,20)/b6-5+. The van der Waals surface area contributed by atoms with Crippen molar-refractivity contribution in [2.75, 3.05) is 20.1 Å². The highest BCUT2D eigenvalue weighted by Gasteiger charge is 2.27. The zero-order valence-electron chi connectivity index (χ0n) is 13.6. The molecule has 0 aromatic carbocycles. The first-order valence-electron chi connectivity index (χ1n) is 7.81. The van der Waals surface area contributed by atoms with E-state index < -0.39 is 0 Å². The van der Waals surface area contributed by atoms with E-state index in [0.29, 0.717) is 5.82 Å². The van der Waals surface area contributed by atoms with Gasteiger partial charge in [-0.25, -0.2) is 15.0 Å². The van der Waals surface area contributed by atoms with Gasteiger partial charge in [-0.05, 0) is 32.4 Å². The summed E-state index contributed by atoms with van der Waals surface area (Å²) in [5.74, 6) is 2.45. The van der Waals surface area contributed by atoms with Crippen molar-refractivity contribution < 1.29 is 0 Å². The molecule has 1 saturated heterocycles. The lowest BCUT2D eigenvalue weighted by Gasteiger charge is -2.32. The van der Waals surface area contributed by atoms with Gasteiger partial charge < -0.3 is 4.90 Å². The van der Waals surface area contributed by atoms with Crippen molar-refractivity contribution in [3.05, 3.63) is 29.5 Å². The molecule has 1 atom stereocenters. The van der Waals surface area contributed by atoms with Gasteiger partial charge >= 0.3 is 0 Å². The molecule has 23 heavy (non-hydrogen) atoms. The van der Waals surface area contributed by atoms with E-state index in [2.05, 4.69) is 25.4 Å². The van der Waals surface area contributed by atoms with Gasteiger partial charge in [0.2, 0.25) is 5.96 Å². The van der Waals surface area contributed by atoms with Gasteiger partial charge in [0.05, 0.1) is 0 Å². The van der Waals surface area contributed by atoms with Crippen LogP contribution >= 0.6 is 0 Å². The van der Waals surface area contributed by atoms with Gasteiger partial charge in [-0.3, -0.25) is 5.43 Å². The maximum atomic E-state index is 4.69. The van der Waals surface area contributed by atoms with Crippen LogP contribution in [0.5, 0.6) is 0 Å². The molecule has 8 nitrogen and oxygen atoms in total. The fourth-order valence-electron chi connectivity index (χ4n) is 2.67. The lowest BCUT2D eigenvalue weighted by Crippen LogP contribution is -2.50. The molecular weight excluding hydrogens is 292 g/mol. The highest BCUT2D eigenvalue weighted by molar-refractivity contribution is 5.82. The van der Waals surface area contributed by atoms with E-state index >= 15 is 0 Å². The van der Waals surface area contributed by atoms with Gasteiger partial charge in [-0.15, -0.1) is 5.10 Å². The number of nitrogens with zero attached hydrogens (tertiary/aromatic N) is 7. The number of likely N-dealkylation sites (tertiary alicyclic amines) is 1. The molecular formula is C15H20N8. The van der Waals surface area contributed by atoms with Crippen LogP contribution in [0.3, 0.4) is 0 Å². The van der Waals surface area contributed by atoms with Crippen LogP contribution in [0.4, 0.5) is 0 Å². The normalized spacial score (nSPS) is 21.8. The maximum absolute atomic E-state index is 4.69. The number of aryl methyl sites for hydroxylation is 2. The van der Waals surface area contributed by atoms with Crippen molar-refractivity contribution in [2.45, 2.75) is 26.4 Å². The molecule has 1 fully saturated rings. The summed E-state index contributed by atoms with van der Waals surface area (Å²) in [4.78, 5) is 15.8. The number of likely N-dealkylation sites (N-methyl/N-ethyl adjacent to an activating group) is 1. The Bertz CT molecular complexity index is 762. The molecule has 1 N–H and O–H groups in total. The summed E-state index contributed by atoms with van der Waals surface area (Å²) in [6, 6.07) is 0. The Kier molecular flexibility index (Phi) is 3.26. The molecule has 120 valence electrons. The quantitative estimate of drug-likeness (QED) is 0.875. The summed E-state index contributed by atoms with van der Waals surface area (Å²) in [5, 5.41) is 6.48. The van der Waals surface area contributed by atoms with Crippen LogP contribution in [0.15, 0.2) is 17.3 Å². The third-order valence-corrected chi connectivity index (χ3v) is 4.23. The number of hydrazine groups is 1. The Morgan fingerprint density at radius 1 is 1.30 bits per heavy atom. The van der Waals surface area contributed by atoms with E-state index in [1.54, 1.807) is 4.52 Å². The second kappa shape index (κ2) is 5.31. The minimum absolute atomic E-state index is 0.0440. The molecule has 0 spiro atoms. The predicted molar refractivity (Wildman–Crippen MR) is 87.6 cm³/mol. The van der Waals surface area contributed by atoms with Crippen LogP contribution in [0.2, 0.25) is 0 Å². The number of guanidine groups is 1.